The summed E-state index contributed by atoms with van der Waals surface area (Å²) in [5.74, 6) is 0. The molecule has 6 heteroatoms. The number of amides is 2. The van der Waals surface area contributed by atoms with Gasteiger partial charge in [0, 0.05) is 11.7 Å². The summed E-state index contributed by atoms with van der Waals surface area (Å²) in [7, 11) is 0. The summed E-state index contributed by atoms with van der Waals surface area (Å²) in [4.78, 5) is 11.9. The number of hydrogen-bond acceptors (Lipinski definition) is 1. The Labute approximate surface area is 138 Å². The largest absolute Gasteiger partial charge is 0.416 e. The Morgan fingerprint density at radius 3 is 2.46 bits per heavy atom. The molecule has 0 saturated heterocycles. The number of hydrogen-bond donors (Lipinski definition) is 2. The van der Waals surface area contributed by atoms with Crippen molar-refractivity contribution in [2.24, 2.45) is 0 Å². The van der Waals surface area contributed by atoms with E-state index in [0.717, 1.165) is 25.0 Å². The van der Waals surface area contributed by atoms with Crippen molar-refractivity contribution in [1.82, 2.24) is 5.32 Å². The molecule has 0 saturated carbocycles. The summed E-state index contributed by atoms with van der Waals surface area (Å²) in [6.07, 6.45) is -2.89. The number of carbonyl (C=O) groups is 1. The number of benzene rings is 2. The average molecular weight is 336 g/mol. The molecule has 2 N–H and O–H groups in total. The highest BCUT2D eigenvalue weighted by molar-refractivity contribution is 5.89. The molecule has 0 heterocycles. The zero-order valence-corrected chi connectivity index (χ0v) is 13.2. The molecule has 0 aliphatic heterocycles. The molecule has 2 rings (SSSR count). The fraction of sp³-hybridized carbons (Fsp3) is 0.278. The van der Waals surface area contributed by atoms with Crippen molar-refractivity contribution >= 4 is 11.7 Å². The second-order valence-corrected chi connectivity index (χ2v) is 5.60. The number of urea groups is 1. The maximum Gasteiger partial charge on any atom is 0.416 e. The molecule has 0 bridgehead atoms. The first-order valence-electron chi connectivity index (χ1n) is 7.63. The van der Waals surface area contributed by atoms with Gasteiger partial charge in [0.1, 0.15) is 0 Å². The summed E-state index contributed by atoms with van der Waals surface area (Å²) in [5.41, 5.74) is 0.486. The SMILES string of the molecule is C[C@H](CCc1ccccc1)NC(=O)Nc1cccc(C(F)(F)F)c1. The molecule has 1 atom stereocenters. The summed E-state index contributed by atoms with van der Waals surface area (Å²) < 4.78 is 37.9. The van der Waals surface area contributed by atoms with Gasteiger partial charge in [-0.1, -0.05) is 36.4 Å². The molecule has 0 aliphatic rings. The lowest BCUT2D eigenvalue weighted by atomic mass is 10.1. The van der Waals surface area contributed by atoms with E-state index in [1.807, 2.05) is 37.3 Å². The first kappa shape index (κ1) is 17.8. The van der Waals surface area contributed by atoms with Crippen molar-refractivity contribution in [2.45, 2.75) is 32.0 Å². The van der Waals surface area contributed by atoms with Crippen molar-refractivity contribution in [3.8, 4) is 0 Å². The van der Waals surface area contributed by atoms with E-state index >= 15 is 0 Å². The predicted octanol–water partition coefficient (Wildman–Crippen LogP) is 4.85. The van der Waals surface area contributed by atoms with Crippen LogP contribution in [0.5, 0.6) is 0 Å². The molecular weight excluding hydrogens is 317 g/mol. The first-order chi connectivity index (χ1) is 11.3. The van der Waals surface area contributed by atoms with Crippen molar-refractivity contribution in [2.75, 3.05) is 5.32 Å². The number of aryl methyl sites for hydroxylation is 1. The Bertz CT molecular complexity index is 671. The Morgan fingerprint density at radius 1 is 1.08 bits per heavy atom. The Morgan fingerprint density at radius 2 is 1.79 bits per heavy atom. The van der Waals surface area contributed by atoms with E-state index in [1.54, 1.807) is 0 Å². The van der Waals surface area contributed by atoms with Crippen LogP contribution in [-0.2, 0) is 12.6 Å². The summed E-state index contributed by atoms with van der Waals surface area (Å²) in [6, 6.07) is 13.8. The minimum absolute atomic E-state index is 0.101. The smallest absolute Gasteiger partial charge is 0.335 e. The van der Waals surface area contributed by atoms with Crippen LogP contribution in [0, 0.1) is 0 Å². The summed E-state index contributed by atoms with van der Waals surface area (Å²) in [6.45, 7) is 1.86. The normalized spacial score (nSPS) is 12.5. The minimum Gasteiger partial charge on any atom is -0.335 e. The maximum atomic E-state index is 12.6. The van der Waals surface area contributed by atoms with Gasteiger partial charge in [-0.25, -0.2) is 4.79 Å². The number of nitrogens with one attached hydrogen (secondary N) is 2. The van der Waals surface area contributed by atoms with Crippen LogP contribution in [-0.4, -0.2) is 12.1 Å². The van der Waals surface area contributed by atoms with Crippen LogP contribution < -0.4 is 10.6 Å². The number of halogens is 3. The second-order valence-electron chi connectivity index (χ2n) is 5.60. The quantitative estimate of drug-likeness (QED) is 0.805. The van der Waals surface area contributed by atoms with Crippen LogP contribution in [0.1, 0.15) is 24.5 Å². The van der Waals surface area contributed by atoms with E-state index in [-0.39, 0.29) is 11.7 Å². The first-order valence-corrected chi connectivity index (χ1v) is 7.63. The Kier molecular flexibility index (Phi) is 5.84. The molecule has 0 aliphatic carbocycles. The van der Waals surface area contributed by atoms with E-state index in [2.05, 4.69) is 10.6 Å². The zero-order chi connectivity index (χ0) is 17.6. The van der Waals surface area contributed by atoms with Crippen LogP contribution >= 0.6 is 0 Å². The molecule has 0 aromatic heterocycles. The number of rotatable bonds is 5. The highest BCUT2D eigenvalue weighted by atomic mass is 19.4. The minimum atomic E-state index is -4.43. The molecule has 0 unspecified atom stereocenters. The number of carbonyl (C=O) groups excluding carboxylic acids is 1. The molecule has 2 aromatic rings. The fourth-order valence-electron chi connectivity index (χ4n) is 2.26. The second kappa shape index (κ2) is 7.86. The third-order valence-electron chi connectivity index (χ3n) is 3.53. The predicted molar refractivity (Wildman–Crippen MR) is 87.8 cm³/mol. The summed E-state index contributed by atoms with van der Waals surface area (Å²) in [5, 5.41) is 5.16. The van der Waals surface area contributed by atoms with E-state index in [1.165, 1.54) is 17.7 Å². The molecule has 2 amide bonds. The van der Waals surface area contributed by atoms with Crippen molar-refractivity contribution in [3.05, 3.63) is 65.7 Å². The Balaban J connectivity index is 1.84. The van der Waals surface area contributed by atoms with Gasteiger partial charge in [-0.15, -0.1) is 0 Å². The monoisotopic (exact) mass is 336 g/mol. The Hall–Kier alpha value is -2.50. The zero-order valence-electron chi connectivity index (χ0n) is 13.2. The molecule has 0 radical (unpaired) electrons. The lowest BCUT2D eigenvalue weighted by Gasteiger charge is -2.15. The third kappa shape index (κ3) is 5.61. The number of anilines is 1. The summed E-state index contributed by atoms with van der Waals surface area (Å²) >= 11 is 0. The maximum absolute atomic E-state index is 12.6. The van der Waals surface area contributed by atoms with Gasteiger partial charge in [0.2, 0.25) is 0 Å². The van der Waals surface area contributed by atoms with Gasteiger partial charge in [-0.3, -0.25) is 0 Å². The van der Waals surface area contributed by atoms with Gasteiger partial charge < -0.3 is 10.6 Å². The molecule has 128 valence electrons. The average Bonchev–Trinajstić information content (AvgIpc) is 2.53. The van der Waals surface area contributed by atoms with E-state index in [9.17, 15) is 18.0 Å². The lowest BCUT2D eigenvalue weighted by Crippen LogP contribution is -2.36. The lowest BCUT2D eigenvalue weighted by molar-refractivity contribution is -0.137. The van der Waals surface area contributed by atoms with Gasteiger partial charge in [0.25, 0.3) is 0 Å². The van der Waals surface area contributed by atoms with Gasteiger partial charge in [-0.05, 0) is 43.5 Å². The molecular formula is C18H19F3N2O. The van der Waals surface area contributed by atoms with E-state index < -0.39 is 17.8 Å². The highest BCUT2D eigenvalue weighted by Gasteiger charge is 2.30. The molecule has 2 aromatic carbocycles. The standard InChI is InChI=1S/C18H19F3N2O/c1-13(10-11-14-6-3-2-4-7-14)22-17(24)23-16-9-5-8-15(12-16)18(19,20)21/h2-9,12-13H,10-11H2,1H3,(H2,22,23,24)/t13-/m1/s1. The molecule has 3 nitrogen and oxygen atoms in total. The van der Waals surface area contributed by atoms with E-state index in [4.69, 9.17) is 0 Å². The van der Waals surface area contributed by atoms with Gasteiger partial charge >= 0.3 is 12.2 Å². The van der Waals surface area contributed by atoms with Crippen molar-refractivity contribution in [3.63, 3.8) is 0 Å². The topological polar surface area (TPSA) is 41.1 Å². The van der Waals surface area contributed by atoms with E-state index in [0.29, 0.717) is 0 Å². The van der Waals surface area contributed by atoms with Crippen LogP contribution in [0.3, 0.4) is 0 Å². The van der Waals surface area contributed by atoms with Gasteiger partial charge in [-0.2, -0.15) is 13.2 Å². The van der Waals surface area contributed by atoms with Crippen LogP contribution in [0.25, 0.3) is 0 Å². The van der Waals surface area contributed by atoms with Crippen molar-refractivity contribution in [1.29, 1.82) is 0 Å². The van der Waals surface area contributed by atoms with Crippen molar-refractivity contribution < 1.29 is 18.0 Å². The molecule has 0 spiro atoms. The van der Waals surface area contributed by atoms with Crippen LogP contribution in [0.2, 0.25) is 0 Å². The van der Waals surface area contributed by atoms with Crippen LogP contribution in [0.4, 0.5) is 23.7 Å². The van der Waals surface area contributed by atoms with Gasteiger partial charge in [0.05, 0.1) is 5.56 Å². The number of alkyl halides is 3. The highest BCUT2D eigenvalue weighted by Crippen LogP contribution is 2.30. The van der Waals surface area contributed by atoms with Crippen LogP contribution in [0.15, 0.2) is 54.6 Å². The third-order valence-corrected chi connectivity index (χ3v) is 3.53. The molecule has 0 fully saturated rings. The molecule has 24 heavy (non-hydrogen) atoms. The fourth-order valence-corrected chi connectivity index (χ4v) is 2.26. The van der Waals surface area contributed by atoms with Gasteiger partial charge in [0.15, 0.2) is 0 Å².